The largest absolute Gasteiger partial charge is 0.0807 e. The molecule has 1 aliphatic carbocycles. The smallest absolute Gasteiger partial charge is 0.0225 e. The lowest BCUT2D eigenvalue weighted by atomic mass is 9.99. The molecule has 0 spiro atoms. The molecule has 0 unspecified atom stereocenters. The first-order valence-corrected chi connectivity index (χ1v) is 5.98. The Morgan fingerprint density at radius 2 is 2.07 bits per heavy atom. The summed E-state index contributed by atoms with van der Waals surface area (Å²) in [5, 5.41) is 0. The Balaban J connectivity index is 2.23. The van der Waals surface area contributed by atoms with Crippen LogP contribution in [0.5, 0.6) is 0 Å². The van der Waals surface area contributed by atoms with Gasteiger partial charge in [0.1, 0.15) is 0 Å². The van der Waals surface area contributed by atoms with Crippen molar-refractivity contribution in [3.8, 4) is 0 Å². The van der Waals surface area contributed by atoms with Gasteiger partial charge >= 0.3 is 0 Å². The molecule has 0 nitrogen and oxygen atoms in total. The van der Waals surface area contributed by atoms with Crippen molar-refractivity contribution in [2.24, 2.45) is 0 Å². The van der Waals surface area contributed by atoms with E-state index in [2.05, 4.69) is 37.3 Å². The summed E-state index contributed by atoms with van der Waals surface area (Å²) < 4.78 is 0. The van der Waals surface area contributed by atoms with Gasteiger partial charge in [0, 0.05) is 0 Å². The Morgan fingerprint density at radius 1 is 1.13 bits per heavy atom. The number of benzene rings is 1. The zero-order chi connectivity index (χ0) is 10.5. The van der Waals surface area contributed by atoms with Crippen molar-refractivity contribution >= 4 is 5.57 Å². The van der Waals surface area contributed by atoms with E-state index in [9.17, 15) is 0 Å². The van der Waals surface area contributed by atoms with E-state index in [4.69, 9.17) is 0 Å². The van der Waals surface area contributed by atoms with Crippen molar-refractivity contribution in [1.29, 1.82) is 0 Å². The van der Waals surface area contributed by atoms with Crippen LogP contribution in [0.2, 0.25) is 0 Å². The molecule has 1 aromatic rings. The molecule has 1 aliphatic rings. The lowest BCUT2D eigenvalue weighted by Crippen LogP contribution is -1.87. The van der Waals surface area contributed by atoms with E-state index in [-0.39, 0.29) is 0 Å². The van der Waals surface area contributed by atoms with Crippen LogP contribution < -0.4 is 0 Å². The van der Waals surface area contributed by atoms with Crippen molar-refractivity contribution in [2.75, 3.05) is 0 Å². The summed E-state index contributed by atoms with van der Waals surface area (Å²) >= 11 is 0. The van der Waals surface area contributed by atoms with Crippen molar-refractivity contribution in [2.45, 2.75) is 38.5 Å². The third kappa shape index (κ3) is 2.71. The Morgan fingerprint density at radius 3 is 2.93 bits per heavy atom. The highest BCUT2D eigenvalue weighted by Crippen LogP contribution is 2.26. The standard InChI is InChI=1S/C15H19/c1-2-13-8-7-11-15(12-13)14-9-5-3-4-6-10-14/h7-9,11-12H,1-6,10H2. The van der Waals surface area contributed by atoms with Crippen molar-refractivity contribution < 1.29 is 0 Å². The fourth-order valence-electron chi connectivity index (χ4n) is 2.20. The number of hydrogen-bond acceptors (Lipinski definition) is 0. The third-order valence-corrected chi connectivity index (χ3v) is 3.13. The molecule has 0 saturated heterocycles. The fraction of sp³-hybridized carbons (Fsp3) is 0.400. The summed E-state index contributed by atoms with van der Waals surface area (Å²) in [6, 6.07) is 8.84. The predicted octanol–water partition coefficient (Wildman–Crippen LogP) is 4.41. The zero-order valence-corrected chi connectivity index (χ0v) is 9.34. The van der Waals surface area contributed by atoms with Gasteiger partial charge in [0.15, 0.2) is 0 Å². The van der Waals surface area contributed by atoms with Gasteiger partial charge in [-0.05, 0) is 55.7 Å². The highest BCUT2D eigenvalue weighted by molar-refractivity contribution is 5.66. The molecule has 0 fully saturated rings. The van der Waals surface area contributed by atoms with Crippen LogP contribution in [0.4, 0.5) is 0 Å². The molecule has 0 atom stereocenters. The Hall–Kier alpha value is -1.04. The molecular formula is C15H19. The second kappa shape index (κ2) is 5.16. The van der Waals surface area contributed by atoms with Gasteiger partial charge in [0.05, 0.1) is 0 Å². The lowest BCUT2D eigenvalue weighted by molar-refractivity contribution is 0.720. The number of hydrogen-bond donors (Lipinski definition) is 0. The van der Waals surface area contributed by atoms with Crippen molar-refractivity contribution in [1.82, 2.24) is 0 Å². The monoisotopic (exact) mass is 199 g/mol. The van der Waals surface area contributed by atoms with Crippen LogP contribution in [-0.4, -0.2) is 0 Å². The normalized spacial score (nSPS) is 17.0. The zero-order valence-electron chi connectivity index (χ0n) is 9.34. The number of allylic oxidation sites excluding steroid dienone is 2. The average Bonchev–Trinajstić information content (AvgIpc) is 2.58. The van der Waals surface area contributed by atoms with E-state index in [0.29, 0.717) is 0 Å². The Kier molecular flexibility index (Phi) is 3.60. The molecule has 0 aliphatic heterocycles. The van der Waals surface area contributed by atoms with Gasteiger partial charge in [-0.2, -0.15) is 0 Å². The summed E-state index contributed by atoms with van der Waals surface area (Å²) in [6.07, 6.45) is 9.91. The molecule has 0 bridgehead atoms. The Bertz CT molecular complexity index is 347. The first-order valence-electron chi connectivity index (χ1n) is 5.98. The molecule has 0 aromatic heterocycles. The van der Waals surface area contributed by atoms with Gasteiger partial charge in [0.25, 0.3) is 0 Å². The number of rotatable bonds is 2. The molecule has 0 saturated carbocycles. The maximum Gasteiger partial charge on any atom is -0.0225 e. The predicted molar refractivity (Wildman–Crippen MR) is 66.6 cm³/mol. The average molecular weight is 199 g/mol. The molecule has 15 heavy (non-hydrogen) atoms. The highest BCUT2D eigenvalue weighted by atomic mass is 14.1. The van der Waals surface area contributed by atoms with E-state index < -0.39 is 0 Å². The third-order valence-electron chi connectivity index (χ3n) is 3.13. The molecule has 2 rings (SSSR count). The van der Waals surface area contributed by atoms with Crippen LogP contribution in [0.15, 0.2) is 30.3 Å². The van der Waals surface area contributed by atoms with E-state index in [1.54, 1.807) is 5.57 Å². The van der Waals surface area contributed by atoms with Gasteiger partial charge in [-0.25, -0.2) is 0 Å². The first-order chi connectivity index (χ1) is 7.40. The molecule has 0 amide bonds. The van der Waals surface area contributed by atoms with Crippen LogP contribution in [0.3, 0.4) is 0 Å². The summed E-state index contributed by atoms with van der Waals surface area (Å²) in [6.45, 7) is 3.94. The SMILES string of the molecule is [CH2]Cc1cccc(C2=CCCCCC2)c1. The fourth-order valence-corrected chi connectivity index (χ4v) is 2.20. The topological polar surface area (TPSA) is 0 Å². The summed E-state index contributed by atoms with van der Waals surface area (Å²) in [5.41, 5.74) is 4.30. The summed E-state index contributed by atoms with van der Waals surface area (Å²) in [5.74, 6) is 0. The molecule has 1 aromatic carbocycles. The quantitative estimate of drug-likeness (QED) is 0.661. The van der Waals surface area contributed by atoms with Gasteiger partial charge < -0.3 is 0 Å². The minimum absolute atomic E-state index is 0.890. The van der Waals surface area contributed by atoms with Gasteiger partial charge in [-0.1, -0.05) is 36.8 Å². The van der Waals surface area contributed by atoms with Crippen LogP contribution in [0.25, 0.3) is 5.57 Å². The second-order valence-corrected chi connectivity index (χ2v) is 4.28. The van der Waals surface area contributed by atoms with Gasteiger partial charge in [0.2, 0.25) is 0 Å². The minimum Gasteiger partial charge on any atom is -0.0807 e. The maximum absolute atomic E-state index is 3.94. The second-order valence-electron chi connectivity index (χ2n) is 4.28. The summed E-state index contributed by atoms with van der Waals surface area (Å²) in [7, 11) is 0. The van der Waals surface area contributed by atoms with E-state index in [0.717, 1.165) is 6.42 Å². The van der Waals surface area contributed by atoms with E-state index >= 15 is 0 Å². The lowest BCUT2D eigenvalue weighted by Gasteiger charge is -2.07. The van der Waals surface area contributed by atoms with Crippen molar-refractivity contribution in [3.05, 3.63) is 48.4 Å². The maximum atomic E-state index is 3.94. The minimum atomic E-state index is 0.890. The van der Waals surface area contributed by atoms with Crippen LogP contribution >= 0.6 is 0 Å². The molecule has 1 radical (unpaired) electrons. The van der Waals surface area contributed by atoms with Gasteiger partial charge in [-0.3, -0.25) is 0 Å². The Labute approximate surface area is 93.0 Å². The first kappa shape index (κ1) is 10.5. The van der Waals surface area contributed by atoms with Crippen LogP contribution in [-0.2, 0) is 6.42 Å². The molecule has 79 valence electrons. The molecule has 0 heterocycles. The highest BCUT2D eigenvalue weighted by Gasteiger charge is 2.05. The van der Waals surface area contributed by atoms with Crippen LogP contribution in [0.1, 0.15) is 43.2 Å². The van der Waals surface area contributed by atoms with E-state index in [1.807, 2.05) is 0 Å². The molecule has 0 heteroatoms. The van der Waals surface area contributed by atoms with Crippen molar-refractivity contribution in [3.63, 3.8) is 0 Å². The van der Waals surface area contributed by atoms with E-state index in [1.165, 1.54) is 43.2 Å². The van der Waals surface area contributed by atoms with Gasteiger partial charge in [-0.15, -0.1) is 0 Å². The molecular weight excluding hydrogens is 180 g/mol. The molecule has 0 N–H and O–H groups in total. The summed E-state index contributed by atoms with van der Waals surface area (Å²) in [4.78, 5) is 0. The van der Waals surface area contributed by atoms with Crippen LogP contribution in [0, 0.1) is 6.92 Å².